The first kappa shape index (κ1) is 15.8. The molecule has 2 aliphatic heterocycles. The SMILES string of the molecule is C1CC[C@H]2[C@H](C1)SCCN2Cc1nnnn1CC1CCOCC1. The predicted molar refractivity (Wildman–Crippen MR) is 90.3 cm³/mol. The molecular formula is C16H27N5OS. The molecule has 0 amide bonds. The van der Waals surface area contributed by atoms with Crippen molar-refractivity contribution >= 4 is 11.8 Å². The summed E-state index contributed by atoms with van der Waals surface area (Å²) in [4.78, 5) is 2.65. The molecule has 0 spiro atoms. The number of aromatic nitrogens is 4. The lowest BCUT2D eigenvalue weighted by Crippen LogP contribution is -2.48. The molecule has 23 heavy (non-hydrogen) atoms. The van der Waals surface area contributed by atoms with Gasteiger partial charge >= 0.3 is 0 Å². The minimum atomic E-state index is 0.658. The molecule has 0 bridgehead atoms. The topological polar surface area (TPSA) is 56.1 Å². The average molecular weight is 337 g/mol. The van der Waals surface area contributed by atoms with Gasteiger partial charge in [-0.15, -0.1) is 5.10 Å². The number of nitrogens with zero attached hydrogens (tertiary/aromatic N) is 5. The lowest BCUT2D eigenvalue weighted by molar-refractivity contribution is 0.0591. The van der Waals surface area contributed by atoms with E-state index in [1.807, 2.05) is 0 Å². The smallest absolute Gasteiger partial charge is 0.165 e. The summed E-state index contributed by atoms with van der Waals surface area (Å²) in [5.74, 6) is 2.96. The van der Waals surface area contributed by atoms with Gasteiger partial charge in [0.15, 0.2) is 5.82 Å². The first-order valence-corrected chi connectivity index (χ1v) is 10.1. The maximum absolute atomic E-state index is 5.46. The molecule has 0 radical (unpaired) electrons. The molecule has 3 heterocycles. The summed E-state index contributed by atoms with van der Waals surface area (Å²) in [6.07, 6.45) is 7.78. The van der Waals surface area contributed by atoms with E-state index >= 15 is 0 Å². The Morgan fingerprint density at radius 1 is 1.13 bits per heavy atom. The van der Waals surface area contributed by atoms with E-state index in [0.29, 0.717) is 5.92 Å². The highest BCUT2D eigenvalue weighted by Crippen LogP contribution is 2.36. The lowest BCUT2D eigenvalue weighted by atomic mass is 9.93. The van der Waals surface area contributed by atoms with Gasteiger partial charge in [0.1, 0.15) is 0 Å². The number of hydrogen-bond donors (Lipinski definition) is 0. The molecule has 128 valence electrons. The van der Waals surface area contributed by atoms with Crippen molar-refractivity contribution < 1.29 is 4.74 Å². The zero-order valence-electron chi connectivity index (χ0n) is 13.8. The second-order valence-electron chi connectivity index (χ2n) is 7.06. The largest absolute Gasteiger partial charge is 0.381 e. The Morgan fingerprint density at radius 2 is 2.00 bits per heavy atom. The van der Waals surface area contributed by atoms with Gasteiger partial charge in [0.05, 0.1) is 6.54 Å². The number of thioether (sulfide) groups is 1. The van der Waals surface area contributed by atoms with Crippen molar-refractivity contribution in [2.75, 3.05) is 25.5 Å². The van der Waals surface area contributed by atoms with Gasteiger partial charge in [0, 0.05) is 43.3 Å². The minimum Gasteiger partial charge on any atom is -0.381 e. The lowest BCUT2D eigenvalue weighted by Gasteiger charge is -2.43. The maximum Gasteiger partial charge on any atom is 0.165 e. The molecule has 2 atom stereocenters. The average Bonchev–Trinajstić information content (AvgIpc) is 3.03. The second kappa shape index (κ2) is 7.49. The molecule has 7 heteroatoms. The third kappa shape index (κ3) is 3.72. The summed E-state index contributed by atoms with van der Waals surface area (Å²) < 4.78 is 7.51. The van der Waals surface area contributed by atoms with Crippen molar-refractivity contribution in [1.29, 1.82) is 0 Å². The fourth-order valence-electron chi connectivity index (χ4n) is 4.21. The molecule has 0 unspecified atom stereocenters. The summed E-state index contributed by atoms with van der Waals surface area (Å²) in [6, 6.07) is 0.732. The molecule has 1 aliphatic carbocycles. The molecule has 3 aliphatic rings. The van der Waals surface area contributed by atoms with Crippen LogP contribution in [0.25, 0.3) is 0 Å². The Labute approximate surface area is 142 Å². The van der Waals surface area contributed by atoms with Crippen LogP contribution < -0.4 is 0 Å². The Hall–Kier alpha value is -0.660. The van der Waals surface area contributed by atoms with E-state index in [4.69, 9.17) is 4.74 Å². The van der Waals surface area contributed by atoms with Crippen LogP contribution in [0.2, 0.25) is 0 Å². The van der Waals surface area contributed by atoms with E-state index in [1.165, 1.54) is 38.0 Å². The second-order valence-corrected chi connectivity index (χ2v) is 8.41. The van der Waals surface area contributed by atoms with Crippen LogP contribution in [-0.2, 0) is 17.8 Å². The van der Waals surface area contributed by atoms with Crippen LogP contribution in [0, 0.1) is 5.92 Å². The monoisotopic (exact) mass is 337 g/mol. The van der Waals surface area contributed by atoms with E-state index in [-0.39, 0.29) is 0 Å². The van der Waals surface area contributed by atoms with E-state index in [1.54, 1.807) is 0 Å². The Morgan fingerprint density at radius 3 is 2.91 bits per heavy atom. The summed E-state index contributed by atoms with van der Waals surface area (Å²) in [6.45, 7) is 4.81. The molecule has 6 nitrogen and oxygen atoms in total. The molecule has 1 saturated carbocycles. The van der Waals surface area contributed by atoms with E-state index < -0.39 is 0 Å². The summed E-state index contributed by atoms with van der Waals surface area (Å²) in [5.41, 5.74) is 0. The highest BCUT2D eigenvalue weighted by Gasteiger charge is 2.34. The van der Waals surface area contributed by atoms with Gasteiger partial charge in [-0.1, -0.05) is 12.8 Å². The van der Waals surface area contributed by atoms with Crippen LogP contribution in [0.4, 0.5) is 0 Å². The third-order valence-electron chi connectivity index (χ3n) is 5.57. The van der Waals surface area contributed by atoms with Gasteiger partial charge in [-0.2, -0.15) is 11.8 Å². The standard InChI is InChI=1S/C16H27N5OS/c1-2-4-15-14(3-1)20(7-10-23-15)12-16-17-18-19-21(16)11-13-5-8-22-9-6-13/h13-15H,1-12H2/t14-,15-/m0/s1. The van der Waals surface area contributed by atoms with Crippen molar-refractivity contribution in [1.82, 2.24) is 25.1 Å². The molecule has 2 saturated heterocycles. The minimum absolute atomic E-state index is 0.658. The van der Waals surface area contributed by atoms with Crippen LogP contribution in [0.5, 0.6) is 0 Å². The van der Waals surface area contributed by atoms with Gasteiger partial charge in [-0.05, 0) is 42.0 Å². The van der Waals surface area contributed by atoms with Gasteiger partial charge in [-0.25, -0.2) is 4.68 Å². The Bertz CT molecular complexity index is 502. The number of ether oxygens (including phenoxy) is 1. The van der Waals surface area contributed by atoms with Crippen LogP contribution in [0.15, 0.2) is 0 Å². The first-order chi connectivity index (χ1) is 11.4. The van der Waals surface area contributed by atoms with Gasteiger partial charge in [0.25, 0.3) is 0 Å². The molecule has 1 aromatic rings. The Balaban J connectivity index is 1.41. The molecule has 1 aromatic heterocycles. The van der Waals surface area contributed by atoms with E-state index in [9.17, 15) is 0 Å². The number of hydrogen-bond acceptors (Lipinski definition) is 6. The fourth-order valence-corrected chi connectivity index (χ4v) is 5.71. The summed E-state index contributed by atoms with van der Waals surface area (Å²) >= 11 is 2.18. The van der Waals surface area contributed by atoms with Crippen molar-refractivity contribution in [3.8, 4) is 0 Å². The van der Waals surface area contributed by atoms with Crippen LogP contribution in [0.3, 0.4) is 0 Å². The highest BCUT2D eigenvalue weighted by molar-refractivity contribution is 8.00. The molecule has 0 N–H and O–H groups in total. The van der Waals surface area contributed by atoms with Crippen LogP contribution in [0.1, 0.15) is 44.3 Å². The van der Waals surface area contributed by atoms with Crippen molar-refractivity contribution in [3.63, 3.8) is 0 Å². The summed E-state index contributed by atoms with van der Waals surface area (Å²) in [7, 11) is 0. The number of fused-ring (bicyclic) bond motifs is 1. The van der Waals surface area contributed by atoms with E-state index in [2.05, 4.69) is 36.9 Å². The number of tetrazole rings is 1. The molecule has 4 rings (SSSR count). The fraction of sp³-hybridized carbons (Fsp3) is 0.938. The van der Waals surface area contributed by atoms with Gasteiger partial charge in [0.2, 0.25) is 0 Å². The third-order valence-corrected chi connectivity index (χ3v) is 6.97. The first-order valence-electron chi connectivity index (χ1n) is 9.08. The number of rotatable bonds is 4. The zero-order chi connectivity index (χ0) is 15.5. The molecule has 0 aromatic carbocycles. The zero-order valence-corrected chi connectivity index (χ0v) is 14.6. The molecule has 3 fully saturated rings. The van der Waals surface area contributed by atoms with Gasteiger partial charge in [-0.3, -0.25) is 4.90 Å². The quantitative estimate of drug-likeness (QED) is 0.837. The van der Waals surface area contributed by atoms with Gasteiger partial charge < -0.3 is 4.74 Å². The summed E-state index contributed by atoms with van der Waals surface area (Å²) in [5, 5.41) is 13.4. The van der Waals surface area contributed by atoms with Crippen LogP contribution >= 0.6 is 11.8 Å². The highest BCUT2D eigenvalue weighted by atomic mass is 32.2. The van der Waals surface area contributed by atoms with Crippen molar-refractivity contribution in [2.24, 2.45) is 5.92 Å². The van der Waals surface area contributed by atoms with E-state index in [0.717, 1.165) is 56.3 Å². The maximum atomic E-state index is 5.46. The predicted octanol–water partition coefficient (Wildman–Crippen LogP) is 1.96. The van der Waals surface area contributed by atoms with Crippen molar-refractivity contribution in [2.45, 2.75) is 62.9 Å². The normalized spacial score (nSPS) is 30.3. The van der Waals surface area contributed by atoms with Crippen molar-refractivity contribution in [3.05, 3.63) is 5.82 Å². The van der Waals surface area contributed by atoms with Crippen LogP contribution in [-0.4, -0.2) is 61.9 Å². The molecular weight excluding hydrogens is 310 g/mol. The Kier molecular flexibility index (Phi) is 5.16.